The molecular formula is C21H24ClN3O5. The number of carbonyl (C=O) groups is 2. The fourth-order valence-electron chi connectivity index (χ4n) is 3.28. The number of halogens is 1. The fourth-order valence-corrected chi connectivity index (χ4v) is 3.45. The number of rotatable bonds is 8. The summed E-state index contributed by atoms with van der Waals surface area (Å²) in [5, 5.41) is 12.3. The molecule has 1 aromatic carbocycles. The highest BCUT2D eigenvalue weighted by atomic mass is 35.5. The Morgan fingerprint density at radius 2 is 2.07 bits per heavy atom. The number of amides is 1. The van der Waals surface area contributed by atoms with E-state index in [0.717, 1.165) is 12.8 Å². The Hall–Kier alpha value is -2.71. The van der Waals surface area contributed by atoms with E-state index in [4.69, 9.17) is 11.6 Å². The van der Waals surface area contributed by atoms with Crippen LogP contribution in [0.4, 0.5) is 10.5 Å². The van der Waals surface area contributed by atoms with Crippen molar-refractivity contribution in [3.05, 3.63) is 45.5 Å². The summed E-state index contributed by atoms with van der Waals surface area (Å²) in [6.07, 6.45) is 2.16. The molecule has 0 spiro atoms. The number of aromatic nitrogens is 2. The van der Waals surface area contributed by atoms with Gasteiger partial charge in [-0.1, -0.05) is 11.6 Å². The normalized spacial score (nSPS) is 14.3. The molecule has 3 rings (SSSR count). The molecule has 1 aliphatic carbocycles. The van der Waals surface area contributed by atoms with Gasteiger partial charge in [-0.25, -0.2) is 9.78 Å². The first-order valence-electron chi connectivity index (χ1n) is 9.63. The van der Waals surface area contributed by atoms with Crippen molar-refractivity contribution in [2.45, 2.75) is 39.2 Å². The van der Waals surface area contributed by atoms with E-state index in [2.05, 4.69) is 15.0 Å². The number of anilines is 1. The second-order valence-corrected chi connectivity index (χ2v) is 8.05. The first-order chi connectivity index (χ1) is 14.3. The second-order valence-electron chi connectivity index (χ2n) is 7.62. The fraction of sp³-hybridized carbons (Fsp3) is 0.429. The topological polar surface area (TPSA) is 111 Å². The second kappa shape index (κ2) is 8.97. The lowest BCUT2D eigenvalue weighted by Gasteiger charge is -2.14. The average Bonchev–Trinajstić information content (AvgIpc) is 3.49. The van der Waals surface area contributed by atoms with Crippen LogP contribution in [-0.2, 0) is 16.1 Å². The molecule has 1 saturated carbocycles. The first-order valence-corrected chi connectivity index (χ1v) is 10.0. The Morgan fingerprint density at radius 3 is 2.67 bits per heavy atom. The van der Waals surface area contributed by atoms with E-state index in [-0.39, 0.29) is 29.9 Å². The minimum atomic E-state index is -0.675. The number of Topliss-reactive ketones (excluding diaryl/α,β-unsaturated/α-hetero) is 1. The summed E-state index contributed by atoms with van der Waals surface area (Å²) in [7, 11) is 1.24. The quantitative estimate of drug-likeness (QED) is 0.661. The number of aliphatic hydroxyl groups excluding tert-OH is 1. The van der Waals surface area contributed by atoms with Crippen LogP contribution in [0.1, 0.15) is 31.5 Å². The summed E-state index contributed by atoms with van der Waals surface area (Å²) in [5.41, 5.74) is 0.736. The van der Waals surface area contributed by atoms with Gasteiger partial charge in [-0.15, -0.1) is 0 Å². The van der Waals surface area contributed by atoms with E-state index in [1.54, 1.807) is 19.1 Å². The number of hydrogen-bond donors (Lipinski definition) is 2. The summed E-state index contributed by atoms with van der Waals surface area (Å²) in [5.74, 6) is 0.308. The maximum absolute atomic E-state index is 12.7. The molecule has 0 saturated heterocycles. The molecule has 0 radical (unpaired) electrons. The molecule has 160 valence electrons. The predicted octanol–water partition coefficient (Wildman–Crippen LogP) is 3.17. The number of benzene rings is 1. The Morgan fingerprint density at radius 1 is 1.33 bits per heavy atom. The van der Waals surface area contributed by atoms with Crippen molar-refractivity contribution < 1.29 is 19.4 Å². The largest absolute Gasteiger partial charge is 0.453 e. The number of ether oxygens (including phenoxy) is 1. The van der Waals surface area contributed by atoms with E-state index < -0.39 is 6.09 Å². The van der Waals surface area contributed by atoms with E-state index in [0.29, 0.717) is 40.6 Å². The summed E-state index contributed by atoms with van der Waals surface area (Å²) in [4.78, 5) is 41.1. The van der Waals surface area contributed by atoms with Crippen LogP contribution in [0.5, 0.6) is 0 Å². The average molecular weight is 434 g/mol. The number of nitrogens with one attached hydrogen (secondary N) is 1. The van der Waals surface area contributed by atoms with Gasteiger partial charge in [0, 0.05) is 29.7 Å². The zero-order valence-electron chi connectivity index (χ0n) is 16.9. The molecule has 1 heterocycles. The Kier molecular flexibility index (Phi) is 6.58. The molecule has 9 heteroatoms. The van der Waals surface area contributed by atoms with E-state index in [1.807, 2.05) is 0 Å². The molecule has 1 aliphatic rings. The maximum atomic E-state index is 12.7. The third-order valence-electron chi connectivity index (χ3n) is 5.44. The summed E-state index contributed by atoms with van der Waals surface area (Å²) >= 11 is 6.02. The van der Waals surface area contributed by atoms with Crippen LogP contribution in [0, 0.1) is 12.3 Å². The summed E-state index contributed by atoms with van der Waals surface area (Å²) < 4.78 is 5.95. The van der Waals surface area contributed by atoms with Crippen molar-refractivity contribution in [3.63, 3.8) is 0 Å². The van der Waals surface area contributed by atoms with Crippen molar-refractivity contribution in [1.29, 1.82) is 0 Å². The number of aryl methyl sites for hydroxylation is 1. The number of aliphatic hydroxyl groups is 1. The zero-order chi connectivity index (χ0) is 21.9. The molecule has 8 nitrogen and oxygen atoms in total. The van der Waals surface area contributed by atoms with Gasteiger partial charge in [0.25, 0.3) is 5.56 Å². The number of methoxy groups -OCH3 is 1. The molecule has 1 fully saturated rings. The Bertz CT molecular complexity index is 1030. The van der Waals surface area contributed by atoms with Crippen LogP contribution in [0.15, 0.2) is 29.1 Å². The van der Waals surface area contributed by atoms with Gasteiger partial charge in [0.15, 0.2) is 5.78 Å². The van der Waals surface area contributed by atoms with Gasteiger partial charge in [-0.05, 0) is 49.8 Å². The molecule has 1 amide bonds. The summed E-state index contributed by atoms with van der Waals surface area (Å²) in [6, 6.07) is 6.13. The van der Waals surface area contributed by atoms with Gasteiger partial charge >= 0.3 is 6.09 Å². The van der Waals surface area contributed by atoms with E-state index in [1.165, 1.54) is 23.8 Å². The lowest BCUT2D eigenvalue weighted by molar-refractivity contribution is -0.120. The highest BCUT2D eigenvalue weighted by Gasteiger charge is 2.41. The number of hydrogen-bond acceptors (Lipinski definition) is 6. The SMILES string of the molecule is COC(=O)Nc1cc(Cl)ccc1-c1cc(=O)n(CC(=O)CCC2(CO)CC2)c(C)n1. The molecular weight excluding hydrogens is 410 g/mol. The van der Waals surface area contributed by atoms with Crippen LogP contribution in [0.3, 0.4) is 0 Å². The molecule has 0 aliphatic heterocycles. The molecule has 0 bridgehead atoms. The van der Waals surface area contributed by atoms with E-state index in [9.17, 15) is 19.5 Å². The zero-order valence-corrected chi connectivity index (χ0v) is 17.7. The number of nitrogens with zero attached hydrogens (tertiary/aromatic N) is 2. The minimum Gasteiger partial charge on any atom is -0.453 e. The van der Waals surface area contributed by atoms with Crippen LogP contribution in [0.25, 0.3) is 11.3 Å². The predicted molar refractivity (Wildman–Crippen MR) is 113 cm³/mol. The lowest BCUT2D eigenvalue weighted by Crippen LogP contribution is -2.27. The molecule has 1 aromatic heterocycles. The smallest absolute Gasteiger partial charge is 0.411 e. The molecule has 0 atom stereocenters. The van der Waals surface area contributed by atoms with Crippen molar-refractivity contribution in [2.75, 3.05) is 19.0 Å². The maximum Gasteiger partial charge on any atom is 0.411 e. The molecule has 2 aromatic rings. The van der Waals surface area contributed by atoms with Crippen LogP contribution in [-0.4, -0.2) is 40.3 Å². The lowest BCUT2D eigenvalue weighted by atomic mass is 10.00. The molecule has 0 unspecified atom stereocenters. The van der Waals surface area contributed by atoms with Crippen molar-refractivity contribution in [2.24, 2.45) is 5.41 Å². The Balaban J connectivity index is 1.82. The summed E-state index contributed by atoms with van der Waals surface area (Å²) in [6.45, 7) is 1.68. The van der Waals surface area contributed by atoms with Gasteiger partial charge in [0.2, 0.25) is 0 Å². The monoisotopic (exact) mass is 433 g/mol. The van der Waals surface area contributed by atoms with Crippen LogP contribution >= 0.6 is 11.6 Å². The molecule has 2 N–H and O–H groups in total. The standard InChI is InChI=1S/C21H24ClN3O5/c1-13-23-18(16-4-3-14(22)9-17(16)24-20(29)30-2)10-19(28)25(13)11-15(27)5-6-21(12-26)7-8-21/h3-4,9-10,26H,5-8,11-12H2,1-2H3,(H,24,29). The third kappa shape index (κ3) is 5.06. The van der Waals surface area contributed by atoms with Crippen LogP contribution in [0.2, 0.25) is 5.02 Å². The van der Waals surface area contributed by atoms with Gasteiger partial charge in [0.05, 0.1) is 25.0 Å². The Labute approximate surface area is 178 Å². The highest BCUT2D eigenvalue weighted by Crippen LogP contribution is 2.49. The third-order valence-corrected chi connectivity index (χ3v) is 5.68. The number of carbonyl (C=O) groups excluding carboxylic acids is 2. The van der Waals surface area contributed by atoms with Gasteiger partial charge in [-0.3, -0.25) is 19.5 Å². The minimum absolute atomic E-state index is 0.0622. The van der Waals surface area contributed by atoms with Crippen molar-refractivity contribution >= 4 is 29.2 Å². The van der Waals surface area contributed by atoms with E-state index >= 15 is 0 Å². The van der Waals surface area contributed by atoms with Gasteiger partial charge < -0.3 is 9.84 Å². The highest BCUT2D eigenvalue weighted by molar-refractivity contribution is 6.31. The first kappa shape index (κ1) is 22.0. The van der Waals surface area contributed by atoms with Gasteiger partial charge in [0.1, 0.15) is 5.82 Å². The van der Waals surface area contributed by atoms with Crippen molar-refractivity contribution in [3.8, 4) is 11.3 Å². The molecule has 30 heavy (non-hydrogen) atoms. The van der Waals surface area contributed by atoms with Gasteiger partial charge in [-0.2, -0.15) is 0 Å². The number of ketones is 1. The van der Waals surface area contributed by atoms with Crippen LogP contribution < -0.4 is 10.9 Å². The van der Waals surface area contributed by atoms with Crippen molar-refractivity contribution in [1.82, 2.24) is 9.55 Å².